The third-order valence-electron chi connectivity index (χ3n) is 2.69. The van der Waals surface area contributed by atoms with Crippen LogP contribution in [0.3, 0.4) is 0 Å². The summed E-state index contributed by atoms with van der Waals surface area (Å²) in [7, 11) is 0. The van der Waals surface area contributed by atoms with Gasteiger partial charge < -0.3 is 5.32 Å². The van der Waals surface area contributed by atoms with Crippen molar-refractivity contribution < 1.29 is 0 Å². The van der Waals surface area contributed by atoms with E-state index < -0.39 is 0 Å². The zero-order valence-corrected chi connectivity index (χ0v) is 12.1. The molecule has 2 rings (SSSR count). The van der Waals surface area contributed by atoms with Gasteiger partial charge in [0.05, 0.1) is 5.69 Å². The predicted octanol–water partition coefficient (Wildman–Crippen LogP) is 3.86. The number of hydrogen-bond donors (Lipinski definition) is 1. The van der Waals surface area contributed by atoms with Crippen molar-refractivity contribution in [3.8, 4) is 11.3 Å². The molecule has 1 aromatic heterocycles. The highest BCUT2D eigenvalue weighted by atomic mass is 32.1. The monoisotopic (exact) mass is 260 g/mol. The van der Waals surface area contributed by atoms with Gasteiger partial charge in [0.2, 0.25) is 0 Å². The van der Waals surface area contributed by atoms with Crippen molar-refractivity contribution in [2.45, 2.75) is 27.3 Å². The molecule has 2 aromatic rings. The maximum Gasteiger partial charge on any atom is 0.107 e. The third-order valence-corrected chi connectivity index (χ3v) is 3.54. The lowest BCUT2D eigenvalue weighted by atomic mass is 10.1. The number of nitrogens with one attached hydrogen (secondary N) is 1. The van der Waals surface area contributed by atoms with E-state index >= 15 is 0 Å². The lowest BCUT2D eigenvalue weighted by molar-refractivity contribution is 0.551. The Bertz CT molecular complexity index is 503. The minimum atomic E-state index is 0.682. The summed E-state index contributed by atoms with van der Waals surface area (Å²) in [5.41, 5.74) is 3.58. The van der Waals surface area contributed by atoms with Crippen LogP contribution in [-0.2, 0) is 6.54 Å². The second-order valence-corrected chi connectivity index (χ2v) is 5.96. The molecule has 1 N–H and O–H groups in total. The van der Waals surface area contributed by atoms with Crippen LogP contribution in [-0.4, -0.2) is 11.5 Å². The van der Waals surface area contributed by atoms with E-state index in [2.05, 4.69) is 60.7 Å². The molecule has 0 saturated heterocycles. The van der Waals surface area contributed by atoms with Crippen molar-refractivity contribution >= 4 is 11.3 Å². The Kier molecular flexibility index (Phi) is 4.50. The Labute approximate surface area is 113 Å². The van der Waals surface area contributed by atoms with Crippen LogP contribution in [0.4, 0.5) is 0 Å². The maximum atomic E-state index is 4.67. The van der Waals surface area contributed by atoms with Crippen LogP contribution in [0.5, 0.6) is 0 Å². The molecule has 0 radical (unpaired) electrons. The SMILES string of the molecule is Cc1cccc(-c2csc(CNCC(C)C)n2)c1. The molecule has 96 valence electrons. The Morgan fingerprint density at radius 1 is 1.33 bits per heavy atom. The van der Waals surface area contributed by atoms with Gasteiger partial charge in [0, 0.05) is 17.5 Å². The Balaban J connectivity index is 2.02. The van der Waals surface area contributed by atoms with Gasteiger partial charge in [-0.25, -0.2) is 4.98 Å². The van der Waals surface area contributed by atoms with E-state index in [4.69, 9.17) is 0 Å². The maximum absolute atomic E-state index is 4.67. The molecular formula is C15H20N2S. The molecule has 0 spiro atoms. The largest absolute Gasteiger partial charge is 0.310 e. The molecule has 2 nitrogen and oxygen atoms in total. The van der Waals surface area contributed by atoms with E-state index in [9.17, 15) is 0 Å². The van der Waals surface area contributed by atoms with Gasteiger partial charge >= 0.3 is 0 Å². The summed E-state index contributed by atoms with van der Waals surface area (Å²) in [6.07, 6.45) is 0. The zero-order valence-electron chi connectivity index (χ0n) is 11.2. The third kappa shape index (κ3) is 3.65. The van der Waals surface area contributed by atoms with Crippen LogP contribution < -0.4 is 5.32 Å². The first-order valence-electron chi connectivity index (χ1n) is 6.37. The van der Waals surface area contributed by atoms with Gasteiger partial charge in [-0.1, -0.05) is 37.6 Å². The zero-order chi connectivity index (χ0) is 13.0. The second kappa shape index (κ2) is 6.12. The van der Waals surface area contributed by atoms with Crippen LogP contribution in [0.1, 0.15) is 24.4 Å². The fourth-order valence-electron chi connectivity index (χ4n) is 1.80. The minimum absolute atomic E-state index is 0.682. The minimum Gasteiger partial charge on any atom is -0.310 e. The molecule has 3 heteroatoms. The Hall–Kier alpha value is -1.19. The van der Waals surface area contributed by atoms with Crippen molar-refractivity contribution in [3.05, 3.63) is 40.2 Å². The molecule has 0 aliphatic rings. The summed E-state index contributed by atoms with van der Waals surface area (Å²) in [6, 6.07) is 8.50. The van der Waals surface area contributed by atoms with E-state index in [1.165, 1.54) is 11.1 Å². The van der Waals surface area contributed by atoms with E-state index in [-0.39, 0.29) is 0 Å². The summed E-state index contributed by atoms with van der Waals surface area (Å²) < 4.78 is 0. The number of aromatic nitrogens is 1. The van der Waals surface area contributed by atoms with Gasteiger partial charge in [0.25, 0.3) is 0 Å². The van der Waals surface area contributed by atoms with Gasteiger partial charge in [-0.05, 0) is 25.5 Å². The average molecular weight is 260 g/mol. The van der Waals surface area contributed by atoms with E-state index in [1.807, 2.05) is 0 Å². The molecule has 18 heavy (non-hydrogen) atoms. The van der Waals surface area contributed by atoms with Gasteiger partial charge in [-0.2, -0.15) is 0 Å². The second-order valence-electron chi connectivity index (χ2n) is 5.02. The highest BCUT2D eigenvalue weighted by molar-refractivity contribution is 7.09. The van der Waals surface area contributed by atoms with Crippen molar-refractivity contribution in [1.82, 2.24) is 10.3 Å². The van der Waals surface area contributed by atoms with E-state index in [0.717, 1.165) is 23.8 Å². The van der Waals surface area contributed by atoms with Crippen molar-refractivity contribution in [2.24, 2.45) is 5.92 Å². The van der Waals surface area contributed by atoms with Gasteiger partial charge in [0.1, 0.15) is 5.01 Å². The van der Waals surface area contributed by atoms with Gasteiger partial charge in [0.15, 0.2) is 0 Å². The molecule has 0 unspecified atom stereocenters. The Morgan fingerprint density at radius 3 is 2.89 bits per heavy atom. The average Bonchev–Trinajstić information content (AvgIpc) is 2.77. The number of aryl methyl sites for hydroxylation is 1. The Morgan fingerprint density at radius 2 is 2.17 bits per heavy atom. The number of hydrogen-bond acceptors (Lipinski definition) is 3. The number of rotatable bonds is 5. The summed E-state index contributed by atoms with van der Waals surface area (Å²) >= 11 is 1.73. The lowest BCUT2D eigenvalue weighted by Crippen LogP contribution is -2.18. The quantitative estimate of drug-likeness (QED) is 0.883. The van der Waals surface area contributed by atoms with Crippen LogP contribution in [0.15, 0.2) is 29.6 Å². The molecule has 0 aliphatic carbocycles. The van der Waals surface area contributed by atoms with E-state index in [1.54, 1.807) is 11.3 Å². The summed E-state index contributed by atoms with van der Waals surface area (Å²) in [6.45, 7) is 8.45. The summed E-state index contributed by atoms with van der Waals surface area (Å²) in [5, 5.41) is 6.72. The van der Waals surface area contributed by atoms with Crippen LogP contribution in [0, 0.1) is 12.8 Å². The fourth-order valence-corrected chi connectivity index (χ4v) is 2.57. The highest BCUT2D eigenvalue weighted by Crippen LogP contribution is 2.22. The molecule has 1 heterocycles. The molecule has 0 amide bonds. The topological polar surface area (TPSA) is 24.9 Å². The molecular weight excluding hydrogens is 240 g/mol. The molecule has 0 aliphatic heterocycles. The molecule has 0 atom stereocenters. The first-order valence-corrected chi connectivity index (χ1v) is 7.25. The van der Waals surface area contributed by atoms with Crippen LogP contribution >= 0.6 is 11.3 Å². The van der Waals surface area contributed by atoms with Crippen LogP contribution in [0.25, 0.3) is 11.3 Å². The standard InChI is InChI=1S/C15H20N2S/c1-11(2)8-16-9-15-17-14(10-18-15)13-6-4-5-12(3)7-13/h4-7,10-11,16H,8-9H2,1-3H3. The fraction of sp³-hybridized carbons (Fsp3) is 0.400. The first kappa shape index (κ1) is 13.2. The van der Waals surface area contributed by atoms with Gasteiger partial charge in [-0.15, -0.1) is 11.3 Å². The van der Waals surface area contributed by atoms with Crippen molar-refractivity contribution in [3.63, 3.8) is 0 Å². The molecule has 0 bridgehead atoms. The van der Waals surface area contributed by atoms with Gasteiger partial charge in [-0.3, -0.25) is 0 Å². The summed E-state index contributed by atoms with van der Waals surface area (Å²) in [4.78, 5) is 4.67. The first-order chi connectivity index (χ1) is 8.65. The summed E-state index contributed by atoms with van der Waals surface area (Å²) in [5.74, 6) is 0.682. The number of thiazole rings is 1. The molecule has 0 fully saturated rings. The number of benzene rings is 1. The normalized spacial score (nSPS) is 11.1. The highest BCUT2D eigenvalue weighted by Gasteiger charge is 2.04. The number of nitrogens with zero attached hydrogens (tertiary/aromatic N) is 1. The molecule has 1 aromatic carbocycles. The predicted molar refractivity (Wildman–Crippen MR) is 78.8 cm³/mol. The van der Waals surface area contributed by atoms with Crippen molar-refractivity contribution in [1.29, 1.82) is 0 Å². The van der Waals surface area contributed by atoms with Crippen LogP contribution in [0.2, 0.25) is 0 Å². The van der Waals surface area contributed by atoms with E-state index in [0.29, 0.717) is 5.92 Å². The lowest BCUT2D eigenvalue weighted by Gasteiger charge is -2.04. The molecule has 0 saturated carbocycles. The smallest absolute Gasteiger partial charge is 0.107 e. The van der Waals surface area contributed by atoms with Crippen molar-refractivity contribution in [2.75, 3.05) is 6.54 Å².